The summed E-state index contributed by atoms with van der Waals surface area (Å²) in [5.41, 5.74) is 1.45. The van der Waals surface area contributed by atoms with Crippen molar-refractivity contribution >= 4 is 5.97 Å². The van der Waals surface area contributed by atoms with E-state index < -0.39 is 5.97 Å². The van der Waals surface area contributed by atoms with Crippen molar-refractivity contribution in [3.63, 3.8) is 0 Å². The lowest BCUT2D eigenvalue weighted by Gasteiger charge is -2.21. The van der Waals surface area contributed by atoms with Crippen molar-refractivity contribution in [1.29, 1.82) is 0 Å². The lowest BCUT2D eigenvalue weighted by atomic mass is 9.84. The molecule has 4 unspecified atom stereocenters. The fraction of sp³-hybridized carbons (Fsp3) is 0.786. The second-order valence-electron chi connectivity index (χ2n) is 5.58. The van der Waals surface area contributed by atoms with Gasteiger partial charge < -0.3 is 5.11 Å². The SMILES string of the molecule is CCC(C)CCC1=CC2CC(C(=O)O)C1C2. The fourth-order valence-electron chi connectivity index (χ4n) is 3.21. The summed E-state index contributed by atoms with van der Waals surface area (Å²) in [6.07, 6.45) is 7.92. The number of rotatable bonds is 5. The molecule has 0 aliphatic heterocycles. The van der Waals surface area contributed by atoms with Crippen LogP contribution in [0, 0.1) is 23.7 Å². The zero-order valence-corrected chi connectivity index (χ0v) is 10.3. The van der Waals surface area contributed by atoms with Crippen LogP contribution in [-0.4, -0.2) is 11.1 Å². The molecule has 16 heavy (non-hydrogen) atoms. The van der Waals surface area contributed by atoms with E-state index in [1.54, 1.807) is 0 Å². The van der Waals surface area contributed by atoms with Crippen LogP contribution in [0.3, 0.4) is 0 Å². The number of carboxylic acid groups (broad SMARTS) is 1. The van der Waals surface area contributed by atoms with Gasteiger partial charge in [0.05, 0.1) is 5.92 Å². The third-order valence-electron chi connectivity index (χ3n) is 4.47. The Balaban J connectivity index is 1.93. The monoisotopic (exact) mass is 222 g/mol. The van der Waals surface area contributed by atoms with Gasteiger partial charge in [-0.1, -0.05) is 31.9 Å². The van der Waals surface area contributed by atoms with Crippen molar-refractivity contribution in [3.05, 3.63) is 11.6 Å². The summed E-state index contributed by atoms with van der Waals surface area (Å²) in [7, 11) is 0. The summed E-state index contributed by atoms with van der Waals surface area (Å²) in [5.74, 6) is 1.04. The first-order chi connectivity index (χ1) is 7.61. The molecule has 0 saturated heterocycles. The molecule has 1 fully saturated rings. The Kier molecular flexibility index (Phi) is 3.36. The van der Waals surface area contributed by atoms with E-state index in [-0.39, 0.29) is 5.92 Å². The second-order valence-corrected chi connectivity index (χ2v) is 5.58. The summed E-state index contributed by atoms with van der Waals surface area (Å²) >= 11 is 0. The van der Waals surface area contributed by atoms with Crippen LogP contribution in [0.5, 0.6) is 0 Å². The number of allylic oxidation sites excluding steroid dienone is 2. The minimum atomic E-state index is -0.582. The average molecular weight is 222 g/mol. The number of aliphatic carboxylic acids is 1. The summed E-state index contributed by atoms with van der Waals surface area (Å²) in [6, 6.07) is 0. The van der Waals surface area contributed by atoms with Gasteiger partial charge in [0.1, 0.15) is 0 Å². The molecule has 2 aliphatic carbocycles. The molecular formula is C14H22O2. The smallest absolute Gasteiger partial charge is 0.307 e. The highest BCUT2D eigenvalue weighted by molar-refractivity contribution is 5.72. The first kappa shape index (κ1) is 11.7. The highest BCUT2D eigenvalue weighted by atomic mass is 16.4. The lowest BCUT2D eigenvalue weighted by Crippen LogP contribution is -2.21. The zero-order chi connectivity index (χ0) is 11.7. The first-order valence-electron chi connectivity index (χ1n) is 6.55. The van der Waals surface area contributed by atoms with Gasteiger partial charge in [0.25, 0.3) is 0 Å². The molecule has 90 valence electrons. The molecule has 2 heteroatoms. The number of hydrogen-bond acceptors (Lipinski definition) is 1. The second kappa shape index (κ2) is 4.60. The van der Waals surface area contributed by atoms with Crippen LogP contribution >= 0.6 is 0 Å². The Labute approximate surface area is 97.7 Å². The predicted molar refractivity (Wildman–Crippen MR) is 64.1 cm³/mol. The van der Waals surface area contributed by atoms with Gasteiger partial charge >= 0.3 is 5.97 Å². The van der Waals surface area contributed by atoms with Crippen LogP contribution in [0.15, 0.2) is 11.6 Å². The molecule has 0 spiro atoms. The minimum absolute atomic E-state index is 0.0815. The van der Waals surface area contributed by atoms with E-state index in [1.807, 2.05) is 0 Å². The van der Waals surface area contributed by atoms with Gasteiger partial charge in [-0.2, -0.15) is 0 Å². The topological polar surface area (TPSA) is 37.3 Å². The van der Waals surface area contributed by atoms with Crippen molar-refractivity contribution in [1.82, 2.24) is 0 Å². The maximum atomic E-state index is 11.1. The lowest BCUT2D eigenvalue weighted by molar-refractivity contribution is -0.142. The molecule has 0 heterocycles. The Morgan fingerprint density at radius 3 is 2.88 bits per heavy atom. The molecule has 1 N–H and O–H groups in total. The van der Waals surface area contributed by atoms with Crippen LogP contribution in [0.1, 0.15) is 46.0 Å². The Hall–Kier alpha value is -0.790. The highest BCUT2D eigenvalue weighted by Gasteiger charge is 2.43. The quantitative estimate of drug-likeness (QED) is 0.723. The maximum Gasteiger partial charge on any atom is 0.307 e. The van der Waals surface area contributed by atoms with E-state index in [4.69, 9.17) is 5.11 Å². The summed E-state index contributed by atoms with van der Waals surface area (Å²) in [6.45, 7) is 4.50. The van der Waals surface area contributed by atoms with Gasteiger partial charge in [-0.15, -0.1) is 0 Å². The highest BCUT2D eigenvalue weighted by Crippen LogP contribution is 2.49. The van der Waals surface area contributed by atoms with Gasteiger partial charge in [0.2, 0.25) is 0 Å². The molecule has 0 aromatic heterocycles. The standard InChI is InChI=1S/C14H22O2/c1-3-9(2)4-5-11-6-10-7-12(11)13(8-10)14(15)16/h6,9-10,12-13H,3-5,7-8H2,1-2H3,(H,15,16). The van der Waals surface area contributed by atoms with Crippen molar-refractivity contribution in [2.75, 3.05) is 0 Å². The fourth-order valence-corrected chi connectivity index (χ4v) is 3.21. The summed E-state index contributed by atoms with van der Waals surface area (Å²) < 4.78 is 0. The molecule has 4 atom stereocenters. The first-order valence-corrected chi connectivity index (χ1v) is 6.55. The summed E-state index contributed by atoms with van der Waals surface area (Å²) in [4.78, 5) is 11.1. The van der Waals surface area contributed by atoms with E-state index in [9.17, 15) is 4.79 Å². The number of carboxylic acids is 1. The van der Waals surface area contributed by atoms with Crippen LogP contribution < -0.4 is 0 Å². The van der Waals surface area contributed by atoms with Gasteiger partial charge in [-0.25, -0.2) is 0 Å². The Bertz CT molecular complexity index is 306. The number of carbonyl (C=O) groups is 1. The Morgan fingerprint density at radius 2 is 2.31 bits per heavy atom. The van der Waals surface area contributed by atoms with Crippen molar-refractivity contribution < 1.29 is 9.90 Å². The van der Waals surface area contributed by atoms with E-state index in [0.717, 1.165) is 25.2 Å². The van der Waals surface area contributed by atoms with Gasteiger partial charge in [-0.05, 0) is 43.4 Å². The van der Waals surface area contributed by atoms with E-state index >= 15 is 0 Å². The normalized spacial score (nSPS) is 33.9. The van der Waals surface area contributed by atoms with Crippen LogP contribution in [-0.2, 0) is 4.79 Å². The minimum Gasteiger partial charge on any atom is -0.481 e. The third-order valence-corrected chi connectivity index (χ3v) is 4.47. The van der Waals surface area contributed by atoms with Crippen LogP contribution in [0.4, 0.5) is 0 Å². The summed E-state index contributed by atoms with van der Waals surface area (Å²) in [5, 5.41) is 9.15. The van der Waals surface area contributed by atoms with Crippen LogP contribution in [0.25, 0.3) is 0 Å². The molecule has 0 aromatic rings. The molecule has 0 aromatic carbocycles. The van der Waals surface area contributed by atoms with Gasteiger partial charge in [0, 0.05) is 0 Å². The van der Waals surface area contributed by atoms with Crippen molar-refractivity contribution in [2.45, 2.75) is 46.0 Å². The van der Waals surface area contributed by atoms with Crippen molar-refractivity contribution in [3.8, 4) is 0 Å². The van der Waals surface area contributed by atoms with Gasteiger partial charge in [-0.3, -0.25) is 4.79 Å². The molecular weight excluding hydrogens is 200 g/mol. The molecule has 2 rings (SSSR count). The predicted octanol–water partition coefficient (Wildman–Crippen LogP) is 3.48. The molecule has 2 nitrogen and oxygen atoms in total. The number of hydrogen-bond donors (Lipinski definition) is 1. The Morgan fingerprint density at radius 1 is 1.56 bits per heavy atom. The third kappa shape index (κ3) is 2.16. The molecule has 0 amide bonds. The molecule has 2 bridgehead atoms. The zero-order valence-electron chi connectivity index (χ0n) is 10.3. The maximum absolute atomic E-state index is 11.1. The van der Waals surface area contributed by atoms with Crippen molar-refractivity contribution in [2.24, 2.45) is 23.7 Å². The molecule has 2 aliphatic rings. The number of fused-ring (bicyclic) bond motifs is 2. The molecule has 0 radical (unpaired) electrons. The van der Waals surface area contributed by atoms with Crippen LogP contribution in [0.2, 0.25) is 0 Å². The van der Waals surface area contributed by atoms with E-state index in [0.29, 0.717) is 11.8 Å². The van der Waals surface area contributed by atoms with E-state index in [1.165, 1.54) is 18.4 Å². The van der Waals surface area contributed by atoms with E-state index in [2.05, 4.69) is 19.9 Å². The van der Waals surface area contributed by atoms with Gasteiger partial charge in [0.15, 0.2) is 0 Å². The average Bonchev–Trinajstić information content (AvgIpc) is 2.84. The molecule has 1 saturated carbocycles. The largest absolute Gasteiger partial charge is 0.481 e.